The van der Waals surface area contributed by atoms with Crippen molar-refractivity contribution in [3.05, 3.63) is 71.3 Å². The number of carbonyl (C=O) groups is 1. The van der Waals surface area contributed by atoms with Crippen molar-refractivity contribution in [1.82, 2.24) is 5.32 Å². The quantitative estimate of drug-likeness (QED) is 0.809. The molecule has 0 saturated carbocycles. The van der Waals surface area contributed by atoms with Crippen LogP contribution in [0.4, 0.5) is 0 Å². The van der Waals surface area contributed by atoms with Gasteiger partial charge in [-0.2, -0.15) is 0 Å². The molecule has 0 aliphatic heterocycles. The fourth-order valence-electron chi connectivity index (χ4n) is 2.57. The third-order valence-electron chi connectivity index (χ3n) is 4.11. The van der Waals surface area contributed by atoms with Crippen LogP contribution in [0.1, 0.15) is 61.9 Å². The lowest BCUT2D eigenvalue weighted by Crippen LogP contribution is -2.29. The van der Waals surface area contributed by atoms with Crippen LogP contribution >= 0.6 is 12.4 Å². The molecule has 130 valence electrons. The minimum Gasteiger partial charge on any atom is -0.350 e. The molecule has 0 aliphatic rings. The first-order chi connectivity index (χ1) is 11.0. The summed E-state index contributed by atoms with van der Waals surface area (Å²) in [5, 5.41) is 3.03. The molecule has 2 aromatic carbocycles. The summed E-state index contributed by atoms with van der Waals surface area (Å²) in [5.41, 5.74) is 9.50. The van der Waals surface area contributed by atoms with Gasteiger partial charge in [0.15, 0.2) is 0 Å². The number of amides is 1. The third-order valence-corrected chi connectivity index (χ3v) is 4.11. The summed E-state index contributed by atoms with van der Waals surface area (Å²) in [4.78, 5) is 12.2. The monoisotopic (exact) mass is 346 g/mol. The van der Waals surface area contributed by atoms with Crippen LogP contribution in [-0.2, 0) is 4.79 Å². The van der Waals surface area contributed by atoms with Gasteiger partial charge < -0.3 is 11.1 Å². The van der Waals surface area contributed by atoms with Crippen LogP contribution in [0.25, 0.3) is 0 Å². The van der Waals surface area contributed by atoms with Crippen LogP contribution in [0.2, 0.25) is 0 Å². The lowest BCUT2D eigenvalue weighted by Gasteiger charge is -2.17. The van der Waals surface area contributed by atoms with Crippen molar-refractivity contribution in [3.63, 3.8) is 0 Å². The van der Waals surface area contributed by atoms with Crippen LogP contribution in [-0.4, -0.2) is 5.91 Å². The van der Waals surface area contributed by atoms with Crippen molar-refractivity contribution in [3.8, 4) is 0 Å². The van der Waals surface area contributed by atoms with E-state index in [9.17, 15) is 4.79 Å². The smallest absolute Gasteiger partial charge is 0.222 e. The zero-order valence-electron chi connectivity index (χ0n) is 14.5. The van der Waals surface area contributed by atoms with Gasteiger partial charge in [0, 0.05) is 12.5 Å². The summed E-state index contributed by atoms with van der Waals surface area (Å²) in [6.07, 6.45) is 0.290. The second-order valence-electron chi connectivity index (χ2n) is 6.33. The number of halogens is 1. The first-order valence-corrected chi connectivity index (χ1v) is 8.17. The van der Waals surface area contributed by atoms with Crippen LogP contribution in [0, 0.1) is 0 Å². The van der Waals surface area contributed by atoms with Gasteiger partial charge in [0.05, 0.1) is 6.04 Å². The maximum absolute atomic E-state index is 12.2. The second-order valence-corrected chi connectivity index (χ2v) is 6.33. The molecule has 2 rings (SSSR count). The van der Waals surface area contributed by atoms with E-state index in [-0.39, 0.29) is 30.4 Å². The first kappa shape index (κ1) is 20.2. The van der Waals surface area contributed by atoms with Crippen LogP contribution < -0.4 is 11.1 Å². The fourth-order valence-corrected chi connectivity index (χ4v) is 2.57. The average molecular weight is 347 g/mol. The van der Waals surface area contributed by atoms with Gasteiger partial charge in [0.25, 0.3) is 0 Å². The first-order valence-electron chi connectivity index (χ1n) is 8.17. The normalized spacial score (nSPS) is 13.0. The van der Waals surface area contributed by atoms with Gasteiger partial charge in [-0.25, -0.2) is 0 Å². The zero-order chi connectivity index (χ0) is 16.8. The Morgan fingerprint density at radius 3 is 2.00 bits per heavy atom. The third kappa shape index (κ3) is 5.66. The van der Waals surface area contributed by atoms with Crippen molar-refractivity contribution in [2.45, 2.75) is 45.2 Å². The molecule has 0 heterocycles. The minimum absolute atomic E-state index is 0. The Kier molecular flexibility index (Phi) is 7.96. The largest absolute Gasteiger partial charge is 0.350 e. The second kappa shape index (κ2) is 9.45. The van der Waals surface area contributed by atoms with E-state index >= 15 is 0 Å². The summed E-state index contributed by atoms with van der Waals surface area (Å²) in [6.45, 7) is 6.34. The van der Waals surface area contributed by atoms with Crippen molar-refractivity contribution >= 4 is 18.3 Å². The Bertz CT molecular complexity index is 626. The highest BCUT2D eigenvalue weighted by molar-refractivity contribution is 5.85. The maximum Gasteiger partial charge on any atom is 0.222 e. The van der Waals surface area contributed by atoms with Crippen molar-refractivity contribution in [2.24, 2.45) is 5.73 Å². The number of carbonyl (C=O) groups excluding carboxylic acids is 1. The van der Waals surface area contributed by atoms with Crippen LogP contribution in [0.5, 0.6) is 0 Å². The molecule has 0 radical (unpaired) electrons. The van der Waals surface area contributed by atoms with Gasteiger partial charge in [-0.3, -0.25) is 4.79 Å². The summed E-state index contributed by atoms with van der Waals surface area (Å²) in [7, 11) is 0. The van der Waals surface area contributed by atoms with E-state index in [4.69, 9.17) is 5.73 Å². The number of rotatable bonds is 6. The molecule has 0 aromatic heterocycles. The van der Waals surface area contributed by atoms with Crippen LogP contribution in [0.15, 0.2) is 54.6 Å². The predicted molar refractivity (Wildman–Crippen MR) is 102 cm³/mol. The number of benzene rings is 2. The minimum atomic E-state index is -0.272. The van der Waals surface area contributed by atoms with E-state index in [1.54, 1.807) is 0 Å². The van der Waals surface area contributed by atoms with E-state index < -0.39 is 0 Å². The van der Waals surface area contributed by atoms with Gasteiger partial charge in [-0.15, -0.1) is 12.4 Å². The zero-order valence-corrected chi connectivity index (χ0v) is 15.3. The lowest BCUT2D eigenvalue weighted by molar-refractivity contribution is -0.122. The van der Waals surface area contributed by atoms with Gasteiger partial charge in [0.1, 0.15) is 0 Å². The molecule has 3 nitrogen and oxygen atoms in total. The standard InChI is InChI=1S/C20H26N2O.ClH/c1-14(2)16-9-11-17(12-10-16)15(3)22-20(23)13-19(21)18-7-5-4-6-8-18;/h4-12,14-15,19H,13,21H2,1-3H3,(H,22,23);1H. The van der Waals surface area contributed by atoms with Crippen molar-refractivity contribution in [2.75, 3.05) is 0 Å². The molecule has 1 amide bonds. The Hall–Kier alpha value is -1.84. The fraction of sp³-hybridized carbons (Fsp3) is 0.350. The van der Waals surface area contributed by atoms with E-state index in [2.05, 4.69) is 43.4 Å². The molecule has 2 unspecified atom stereocenters. The summed E-state index contributed by atoms with van der Waals surface area (Å²) >= 11 is 0. The SMILES string of the molecule is CC(C)c1ccc(C(C)NC(=O)CC(N)c2ccccc2)cc1.Cl. The van der Waals surface area contributed by atoms with E-state index in [1.807, 2.05) is 37.3 Å². The number of nitrogens with two attached hydrogens (primary N) is 1. The summed E-state index contributed by atoms with van der Waals surface area (Å²) in [6, 6.07) is 17.8. The summed E-state index contributed by atoms with van der Waals surface area (Å²) < 4.78 is 0. The molecular weight excluding hydrogens is 320 g/mol. The van der Waals surface area contributed by atoms with E-state index in [1.165, 1.54) is 5.56 Å². The molecule has 0 aliphatic carbocycles. The maximum atomic E-state index is 12.2. The highest BCUT2D eigenvalue weighted by atomic mass is 35.5. The summed E-state index contributed by atoms with van der Waals surface area (Å²) in [5.74, 6) is 0.486. The molecule has 0 spiro atoms. The topological polar surface area (TPSA) is 55.1 Å². The van der Waals surface area contributed by atoms with Gasteiger partial charge >= 0.3 is 0 Å². The molecule has 2 aromatic rings. The molecule has 2 atom stereocenters. The highest BCUT2D eigenvalue weighted by Gasteiger charge is 2.14. The lowest BCUT2D eigenvalue weighted by atomic mass is 9.99. The van der Waals surface area contributed by atoms with Crippen molar-refractivity contribution in [1.29, 1.82) is 0 Å². The molecule has 24 heavy (non-hydrogen) atoms. The Balaban J connectivity index is 0.00000288. The van der Waals surface area contributed by atoms with E-state index in [0.717, 1.165) is 11.1 Å². The van der Waals surface area contributed by atoms with Gasteiger partial charge in [-0.05, 0) is 29.5 Å². The molecule has 4 heteroatoms. The van der Waals surface area contributed by atoms with E-state index in [0.29, 0.717) is 12.3 Å². The molecular formula is C20H27ClN2O. The predicted octanol–water partition coefficient (Wildman–Crippen LogP) is 4.50. The molecule has 3 N–H and O–H groups in total. The number of hydrogen-bond acceptors (Lipinski definition) is 2. The Morgan fingerprint density at radius 1 is 0.917 bits per heavy atom. The number of nitrogens with one attached hydrogen (secondary N) is 1. The molecule has 0 fully saturated rings. The van der Waals surface area contributed by atoms with Gasteiger partial charge in [-0.1, -0.05) is 68.4 Å². The Morgan fingerprint density at radius 2 is 1.46 bits per heavy atom. The highest BCUT2D eigenvalue weighted by Crippen LogP contribution is 2.19. The average Bonchev–Trinajstić information content (AvgIpc) is 2.55. The van der Waals surface area contributed by atoms with Crippen LogP contribution in [0.3, 0.4) is 0 Å². The molecule has 0 bridgehead atoms. The molecule has 0 saturated heterocycles. The van der Waals surface area contributed by atoms with Gasteiger partial charge in [0.2, 0.25) is 5.91 Å². The van der Waals surface area contributed by atoms with Crippen molar-refractivity contribution < 1.29 is 4.79 Å². The number of hydrogen-bond donors (Lipinski definition) is 2. The Labute approximate surface area is 151 Å².